The molecule has 0 saturated carbocycles. The highest BCUT2D eigenvalue weighted by Crippen LogP contribution is 1.94. The van der Waals surface area contributed by atoms with Crippen molar-refractivity contribution in [2.45, 2.75) is 25.8 Å². The lowest BCUT2D eigenvalue weighted by molar-refractivity contribution is -0.139. The summed E-state index contributed by atoms with van der Waals surface area (Å²) in [5.74, 6) is -0.169. The van der Waals surface area contributed by atoms with Crippen molar-refractivity contribution in [1.29, 1.82) is 0 Å². The van der Waals surface area contributed by atoms with E-state index >= 15 is 0 Å². The number of amides is 2. The van der Waals surface area contributed by atoms with Gasteiger partial charge in [0.1, 0.15) is 11.9 Å². The number of nitrogens with one attached hydrogen (secondary N) is 2. The third-order valence-electron chi connectivity index (χ3n) is 2.57. The molecule has 0 aromatic carbocycles. The van der Waals surface area contributed by atoms with Crippen molar-refractivity contribution in [3.63, 3.8) is 0 Å². The molecule has 100 valence electrons. The molecule has 1 rings (SSSR count). The van der Waals surface area contributed by atoms with E-state index in [1.807, 2.05) is 17.8 Å². The van der Waals surface area contributed by atoms with Gasteiger partial charge in [-0.3, -0.25) is 0 Å². The molecule has 1 aromatic heterocycles. The van der Waals surface area contributed by atoms with Crippen LogP contribution in [0.15, 0.2) is 12.4 Å². The van der Waals surface area contributed by atoms with Gasteiger partial charge in [0.15, 0.2) is 0 Å². The Labute approximate surface area is 105 Å². The van der Waals surface area contributed by atoms with Gasteiger partial charge in [0.05, 0.1) is 0 Å². The summed E-state index contributed by atoms with van der Waals surface area (Å²) < 4.78 is 1.87. The van der Waals surface area contributed by atoms with Crippen molar-refractivity contribution in [3.8, 4) is 0 Å². The summed E-state index contributed by atoms with van der Waals surface area (Å²) in [4.78, 5) is 26.2. The topological polar surface area (TPSA) is 96.3 Å². The van der Waals surface area contributed by atoms with Crippen molar-refractivity contribution in [3.05, 3.63) is 18.2 Å². The molecule has 0 aliphatic rings. The number of carboxylic acids is 1. The second-order valence-corrected chi connectivity index (χ2v) is 3.90. The minimum Gasteiger partial charge on any atom is -0.480 e. The highest BCUT2D eigenvalue weighted by Gasteiger charge is 2.16. The average molecular weight is 254 g/mol. The van der Waals surface area contributed by atoms with E-state index in [2.05, 4.69) is 15.6 Å². The van der Waals surface area contributed by atoms with Crippen LogP contribution in [0.25, 0.3) is 0 Å². The van der Waals surface area contributed by atoms with Gasteiger partial charge in [-0.15, -0.1) is 0 Å². The molecule has 0 unspecified atom stereocenters. The number of hydrogen-bond acceptors (Lipinski definition) is 3. The Hall–Kier alpha value is -2.05. The highest BCUT2D eigenvalue weighted by atomic mass is 16.4. The Morgan fingerprint density at radius 2 is 2.28 bits per heavy atom. The van der Waals surface area contributed by atoms with E-state index in [1.54, 1.807) is 13.1 Å². The van der Waals surface area contributed by atoms with Crippen LogP contribution in [0.5, 0.6) is 0 Å². The molecule has 1 heterocycles. The maximum absolute atomic E-state index is 11.4. The SMILES string of the molecule is CC[C@@H](NC(=O)NCCc1nccn1C)C(=O)O. The molecule has 1 aromatic rings. The first-order valence-electron chi connectivity index (χ1n) is 5.78. The predicted octanol–water partition coefficient (Wildman–Crippen LogP) is 0.125. The number of carbonyl (C=O) groups excluding carboxylic acids is 1. The standard InChI is InChI=1S/C11H18N4O3/c1-3-8(10(16)17)14-11(18)13-5-4-9-12-6-7-15(9)2/h6-8H,3-5H2,1-2H3,(H,16,17)(H2,13,14,18)/t8-/m1/s1. The Morgan fingerprint density at radius 1 is 1.56 bits per heavy atom. The molecule has 0 fully saturated rings. The van der Waals surface area contributed by atoms with E-state index in [0.717, 1.165) is 5.82 Å². The summed E-state index contributed by atoms with van der Waals surface area (Å²) in [5, 5.41) is 13.8. The fourth-order valence-corrected chi connectivity index (χ4v) is 1.47. The van der Waals surface area contributed by atoms with Gasteiger partial charge in [-0.2, -0.15) is 0 Å². The molecular formula is C11H18N4O3. The van der Waals surface area contributed by atoms with Gasteiger partial charge < -0.3 is 20.3 Å². The molecule has 18 heavy (non-hydrogen) atoms. The number of imidazole rings is 1. The monoisotopic (exact) mass is 254 g/mol. The highest BCUT2D eigenvalue weighted by molar-refractivity contribution is 5.82. The molecule has 0 spiro atoms. The second-order valence-electron chi connectivity index (χ2n) is 3.90. The van der Waals surface area contributed by atoms with Crippen LogP contribution in [-0.4, -0.2) is 39.2 Å². The van der Waals surface area contributed by atoms with Crippen molar-refractivity contribution in [1.82, 2.24) is 20.2 Å². The summed E-state index contributed by atoms with van der Waals surface area (Å²) in [6.07, 6.45) is 4.46. The van der Waals surface area contributed by atoms with Crippen molar-refractivity contribution >= 4 is 12.0 Å². The van der Waals surface area contributed by atoms with E-state index in [4.69, 9.17) is 5.11 Å². The maximum Gasteiger partial charge on any atom is 0.326 e. The predicted molar refractivity (Wildman–Crippen MR) is 65.2 cm³/mol. The minimum atomic E-state index is -1.03. The molecule has 3 N–H and O–H groups in total. The van der Waals surface area contributed by atoms with Gasteiger partial charge in [0.2, 0.25) is 0 Å². The summed E-state index contributed by atoms with van der Waals surface area (Å²) in [6, 6.07) is -1.32. The van der Waals surface area contributed by atoms with Gasteiger partial charge in [-0.1, -0.05) is 6.92 Å². The molecule has 1 atom stereocenters. The number of aliphatic carboxylic acids is 1. The van der Waals surface area contributed by atoms with Crippen LogP contribution in [0.3, 0.4) is 0 Å². The number of aromatic nitrogens is 2. The van der Waals surface area contributed by atoms with Crippen LogP contribution >= 0.6 is 0 Å². The molecule has 0 aliphatic carbocycles. The smallest absolute Gasteiger partial charge is 0.326 e. The van der Waals surface area contributed by atoms with E-state index in [1.165, 1.54) is 0 Å². The fourth-order valence-electron chi connectivity index (χ4n) is 1.47. The van der Waals surface area contributed by atoms with Crippen LogP contribution in [0.4, 0.5) is 4.79 Å². The van der Waals surface area contributed by atoms with Crippen LogP contribution in [0, 0.1) is 0 Å². The minimum absolute atomic E-state index is 0.349. The third kappa shape index (κ3) is 4.08. The normalized spacial score (nSPS) is 11.9. The van der Waals surface area contributed by atoms with Gasteiger partial charge in [-0.05, 0) is 6.42 Å². The molecule has 0 bridgehead atoms. The summed E-state index contributed by atoms with van der Waals surface area (Å²) in [6.45, 7) is 2.11. The lowest BCUT2D eigenvalue weighted by Gasteiger charge is -2.13. The molecule has 2 amide bonds. The lowest BCUT2D eigenvalue weighted by Crippen LogP contribution is -2.46. The zero-order valence-corrected chi connectivity index (χ0v) is 10.5. The first kappa shape index (κ1) is 14.0. The summed E-state index contributed by atoms with van der Waals surface area (Å²) in [7, 11) is 1.87. The van der Waals surface area contributed by atoms with Gasteiger partial charge in [0.25, 0.3) is 0 Å². The zero-order chi connectivity index (χ0) is 13.5. The molecule has 7 heteroatoms. The summed E-state index contributed by atoms with van der Waals surface area (Å²) in [5.41, 5.74) is 0. The fraction of sp³-hybridized carbons (Fsp3) is 0.545. The van der Waals surface area contributed by atoms with Crippen LogP contribution in [0.1, 0.15) is 19.2 Å². The second kappa shape index (κ2) is 6.63. The number of nitrogens with zero attached hydrogens (tertiary/aromatic N) is 2. The Balaban J connectivity index is 2.29. The molecule has 0 radical (unpaired) electrons. The van der Waals surface area contributed by atoms with Gasteiger partial charge >= 0.3 is 12.0 Å². The number of carboxylic acid groups (broad SMARTS) is 1. The van der Waals surface area contributed by atoms with Crippen LogP contribution < -0.4 is 10.6 Å². The Bertz CT molecular complexity index is 416. The number of carbonyl (C=O) groups is 2. The molecular weight excluding hydrogens is 236 g/mol. The maximum atomic E-state index is 11.4. The van der Waals surface area contributed by atoms with Crippen molar-refractivity contribution < 1.29 is 14.7 Å². The van der Waals surface area contributed by atoms with E-state index in [-0.39, 0.29) is 0 Å². The average Bonchev–Trinajstić information content (AvgIpc) is 2.71. The first-order valence-corrected chi connectivity index (χ1v) is 5.78. The van der Waals surface area contributed by atoms with Crippen molar-refractivity contribution in [2.75, 3.05) is 6.54 Å². The van der Waals surface area contributed by atoms with Crippen LogP contribution in [0.2, 0.25) is 0 Å². The van der Waals surface area contributed by atoms with Crippen molar-refractivity contribution in [2.24, 2.45) is 7.05 Å². The number of rotatable bonds is 6. The first-order chi connectivity index (χ1) is 8.54. The van der Waals surface area contributed by atoms with Gasteiger partial charge in [-0.25, -0.2) is 14.6 Å². The summed E-state index contributed by atoms with van der Waals surface area (Å²) >= 11 is 0. The molecule has 0 aliphatic heterocycles. The van der Waals surface area contributed by atoms with Crippen LogP contribution in [-0.2, 0) is 18.3 Å². The molecule has 0 saturated heterocycles. The Kier molecular flexibility index (Phi) is 5.16. The van der Waals surface area contributed by atoms with E-state index in [0.29, 0.717) is 19.4 Å². The van der Waals surface area contributed by atoms with E-state index in [9.17, 15) is 9.59 Å². The van der Waals surface area contributed by atoms with Gasteiger partial charge in [0, 0.05) is 32.4 Å². The largest absolute Gasteiger partial charge is 0.480 e. The number of aryl methyl sites for hydroxylation is 1. The van der Waals surface area contributed by atoms with E-state index < -0.39 is 18.0 Å². The Morgan fingerprint density at radius 3 is 2.78 bits per heavy atom. The number of hydrogen-bond donors (Lipinski definition) is 3. The molecule has 7 nitrogen and oxygen atoms in total. The quantitative estimate of drug-likeness (QED) is 0.672. The zero-order valence-electron chi connectivity index (χ0n) is 10.5. The lowest BCUT2D eigenvalue weighted by atomic mass is 10.2. The third-order valence-corrected chi connectivity index (χ3v) is 2.57. The number of urea groups is 1.